The lowest BCUT2D eigenvalue weighted by atomic mass is 9.97. The quantitative estimate of drug-likeness (QED) is 0.496. The van der Waals surface area contributed by atoms with Gasteiger partial charge in [-0.15, -0.1) is 0 Å². The number of carbonyl (C=O) groups is 1. The van der Waals surface area contributed by atoms with Gasteiger partial charge < -0.3 is 14.3 Å². The Hall–Kier alpha value is -3.77. The number of halogens is 1. The normalized spacial score (nSPS) is 15.4. The third-order valence-electron chi connectivity index (χ3n) is 5.39. The van der Waals surface area contributed by atoms with Crippen molar-refractivity contribution >= 4 is 34.2 Å². The number of aromatic hydroxyl groups is 1. The number of anilines is 1. The van der Waals surface area contributed by atoms with E-state index in [9.17, 15) is 14.7 Å². The van der Waals surface area contributed by atoms with E-state index in [0.717, 1.165) is 0 Å². The molecule has 31 heavy (non-hydrogen) atoms. The van der Waals surface area contributed by atoms with Crippen molar-refractivity contribution in [2.24, 2.45) is 0 Å². The van der Waals surface area contributed by atoms with Gasteiger partial charge in [-0.3, -0.25) is 14.5 Å². The van der Waals surface area contributed by atoms with Gasteiger partial charge >= 0.3 is 0 Å². The topological polar surface area (TPSA) is 80.0 Å². The molecule has 5 rings (SSSR count). The second-order valence-corrected chi connectivity index (χ2v) is 7.60. The summed E-state index contributed by atoms with van der Waals surface area (Å²) in [5.41, 5.74) is 1.38. The molecule has 0 radical (unpaired) electrons. The summed E-state index contributed by atoms with van der Waals surface area (Å²) in [6, 6.07) is 17.7. The van der Waals surface area contributed by atoms with Crippen molar-refractivity contribution in [1.82, 2.24) is 0 Å². The molecule has 154 valence electrons. The van der Waals surface area contributed by atoms with Crippen molar-refractivity contribution in [2.75, 3.05) is 12.0 Å². The summed E-state index contributed by atoms with van der Waals surface area (Å²) in [5.74, 6) is -0.244. The molecule has 0 bridgehead atoms. The summed E-state index contributed by atoms with van der Waals surface area (Å²) in [5, 5.41) is 10.7. The number of rotatable bonds is 3. The Balaban J connectivity index is 1.83. The number of ether oxygens (including phenoxy) is 1. The first-order valence-corrected chi connectivity index (χ1v) is 9.89. The monoisotopic (exact) mass is 433 g/mol. The van der Waals surface area contributed by atoms with Crippen molar-refractivity contribution in [3.05, 3.63) is 98.9 Å². The highest BCUT2D eigenvalue weighted by atomic mass is 35.5. The average molecular weight is 434 g/mol. The van der Waals surface area contributed by atoms with Crippen LogP contribution in [0.1, 0.15) is 27.7 Å². The van der Waals surface area contributed by atoms with E-state index < -0.39 is 11.9 Å². The molecule has 1 N–H and O–H groups in total. The average Bonchev–Trinajstić information content (AvgIpc) is 3.08. The summed E-state index contributed by atoms with van der Waals surface area (Å²) in [7, 11) is 1.44. The fourth-order valence-electron chi connectivity index (χ4n) is 3.98. The first kappa shape index (κ1) is 19.2. The number of amides is 1. The molecule has 7 heteroatoms. The van der Waals surface area contributed by atoms with Crippen molar-refractivity contribution in [2.45, 2.75) is 6.04 Å². The highest BCUT2D eigenvalue weighted by Gasteiger charge is 2.43. The van der Waals surface area contributed by atoms with Gasteiger partial charge in [-0.05, 0) is 48.0 Å². The number of phenolic OH excluding ortho intramolecular Hbond substituents is 1. The van der Waals surface area contributed by atoms with E-state index in [4.69, 9.17) is 20.8 Å². The highest BCUT2D eigenvalue weighted by molar-refractivity contribution is 6.31. The Morgan fingerprint density at radius 2 is 1.81 bits per heavy atom. The Bertz CT molecular complexity index is 1400. The summed E-state index contributed by atoms with van der Waals surface area (Å²) in [6.07, 6.45) is 0. The predicted molar refractivity (Wildman–Crippen MR) is 117 cm³/mol. The summed E-state index contributed by atoms with van der Waals surface area (Å²) in [6.45, 7) is 0. The van der Waals surface area contributed by atoms with Crippen LogP contribution in [-0.2, 0) is 0 Å². The molecular weight excluding hydrogens is 418 g/mol. The van der Waals surface area contributed by atoms with Crippen molar-refractivity contribution in [3.8, 4) is 11.5 Å². The van der Waals surface area contributed by atoms with Gasteiger partial charge in [0.05, 0.1) is 24.1 Å². The van der Waals surface area contributed by atoms with Crippen LogP contribution in [0.4, 0.5) is 5.69 Å². The maximum atomic E-state index is 13.5. The van der Waals surface area contributed by atoms with Gasteiger partial charge in [0.25, 0.3) is 5.91 Å². The van der Waals surface area contributed by atoms with Gasteiger partial charge in [0.2, 0.25) is 5.76 Å². The standard InChI is InChI=1S/C24H16ClNO5/c1-30-19-11-13(7-9-17(19)27)21-20-22(28)16-12-14(25)8-10-18(16)31-23(20)24(29)26(21)15-5-3-2-4-6-15/h2-12,21,27H,1H3. The zero-order chi connectivity index (χ0) is 21.7. The molecule has 3 aromatic carbocycles. The number of para-hydroxylation sites is 1. The third kappa shape index (κ3) is 2.95. The van der Waals surface area contributed by atoms with Gasteiger partial charge in [0, 0.05) is 10.7 Å². The van der Waals surface area contributed by atoms with Gasteiger partial charge in [0.15, 0.2) is 16.9 Å². The molecule has 1 aliphatic rings. The molecule has 0 spiro atoms. The number of methoxy groups -OCH3 is 1. The number of hydrogen-bond acceptors (Lipinski definition) is 5. The molecule has 6 nitrogen and oxygen atoms in total. The van der Waals surface area contributed by atoms with E-state index in [1.165, 1.54) is 24.1 Å². The highest BCUT2D eigenvalue weighted by Crippen LogP contribution is 2.43. The molecule has 1 amide bonds. The number of hydrogen-bond donors (Lipinski definition) is 1. The fourth-order valence-corrected chi connectivity index (χ4v) is 4.15. The van der Waals surface area contributed by atoms with E-state index in [1.807, 2.05) is 18.2 Å². The second kappa shape index (κ2) is 7.18. The minimum Gasteiger partial charge on any atom is -0.504 e. The molecule has 0 saturated heterocycles. The lowest BCUT2D eigenvalue weighted by Crippen LogP contribution is -2.29. The first-order valence-electron chi connectivity index (χ1n) is 9.51. The van der Waals surface area contributed by atoms with E-state index in [2.05, 4.69) is 0 Å². The van der Waals surface area contributed by atoms with Crippen LogP contribution in [0, 0.1) is 0 Å². The number of carbonyl (C=O) groups excluding carboxylic acids is 1. The van der Waals surface area contributed by atoms with Crippen LogP contribution in [0.25, 0.3) is 11.0 Å². The fraction of sp³-hybridized carbons (Fsp3) is 0.0833. The molecular formula is C24H16ClNO5. The molecule has 1 aliphatic heterocycles. The SMILES string of the molecule is COc1cc(C2c3c(oc4ccc(Cl)cc4c3=O)C(=O)N2c2ccccc2)ccc1O. The van der Waals surface area contributed by atoms with Crippen molar-refractivity contribution in [1.29, 1.82) is 0 Å². The van der Waals surface area contributed by atoms with Crippen LogP contribution < -0.4 is 15.1 Å². The Morgan fingerprint density at radius 3 is 2.55 bits per heavy atom. The zero-order valence-electron chi connectivity index (χ0n) is 16.3. The minimum absolute atomic E-state index is 0.0132. The van der Waals surface area contributed by atoms with E-state index in [0.29, 0.717) is 27.2 Å². The van der Waals surface area contributed by atoms with Gasteiger partial charge in [-0.25, -0.2) is 0 Å². The molecule has 2 heterocycles. The van der Waals surface area contributed by atoms with Gasteiger partial charge in [-0.1, -0.05) is 35.9 Å². The Morgan fingerprint density at radius 1 is 1.03 bits per heavy atom. The maximum Gasteiger partial charge on any atom is 0.295 e. The minimum atomic E-state index is -0.765. The Kier molecular flexibility index (Phi) is 4.45. The van der Waals surface area contributed by atoms with Gasteiger partial charge in [0.1, 0.15) is 5.58 Å². The Labute approximate surface area is 181 Å². The van der Waals surface area contributed by atoms with Gasteiger partial charge in [-0.2, -0.15) is 0 Å². The lowest BCUT2D eigenvalue weighted by Gasteiger charge is -2.25. The smallest absolute Gasteiger partial charge is 0.295 e. The molecule has 1 aromatic heterocycles. The van der Waals surface area contributed by atoms with E-state index in [-0.39, 0.29) is 28.3 Å². The maximum absolute atomic E-state index is 13.5. The third-order valence-corrected chi connectivity index (χ3v) is 5.62. The van der Waals surface area contributed by atoms with Crippen LogP contribution in [0.3, 0.4) is 0 Å². The number of phenols is 1. The van der Waals surface area contributed by atoms with Crippen molar-refractivity contribution in [3.63, 3.8) is 0 Å². The largest absolute Gasteiger partial charge is 0.504 e. The molecule has 0 saturated carbocycles. The van der Waals surface area contributed by atoms with Crippen LogP contribution >= 0.6 is 11.6 Å². The first-order chi connectivity index (χ1) is 15.0. The van der Waals surface area contributed by atoms with Crippen LogP contribution in [0.15, 0.2) is 75.9 Å². The zero-order valence-corrected chi connectivity index (χ0v) is 17.1. The number of nitrogens with zero attached hydrogens (tertiary/aromatic N) is 1. The van der Waals surface area contributed by atoms with E-state index in [1.54, 1.807) is 36.4 Å². The van der Waals surface area contributed by atoms with Crippen LogP contribution in [0.5, 0.6) is 11.5 Å². The molecule has 0 aliphatic carbocycles. The number of fused-ring (bicyclic) bond motifs is 2. The predicted octanol–water partition coefficient (Wildman–Crippen LogP) is 4.91. The van der Waals surface area contributed by atoms with Crippen molar-refractivity contribution < 1.29 is 19.1 Å². The molecule has 4 aromatic rings. The molecule has 0 fully saturated rings. The summed E-state index contributed by atoms with van der Waals surface area (Å²) >= 11 is 6.10. The number of benzene rings is 3. The molecule has 1 unspecified atom stereocenters. The van der Waals surface area contributed by atoms with Crippen LogP contribution in [-0.4, -0.2) is 18.1 Å². The lowest BCUT2D eigenvalue weighted by molar-refractivity contribution is 0.0971. The van der Waals surface area contributed by atoms with Crippen LogP contribution in [0.2, 0.25) is 5.02 Å². The molecule has 1 atom stereocenters. The summed E-state index contributed by atoms with van der Waals surface area (Å²) in [4.78, 5) is 28.5. The second-order valence-electron chi connectivity index (χ2n) is 7.16. The van der Waals surface area contributed by atoms with E-state index >= 15 is 0 Å². The summed E-state index contributed by atoms with van der Waals surface area (Å²) < 4.78 is 11.2.